The third-order valence-corrected chi connectivity index (χ3v) is 6.00. The summed E-state index contributed by atoms with van der Waals surface area (Å²) in [5, 5.41) is 18.3. The summed E-state index contributed by atoms with van der Waals surface area (Å²) in [7, 11) is 0. The van der Waals surface area contributed by atoms with Crippen LogP contribution in [0.25, 0.3) is 11.3 Å². The van der Waals surface area contributed by atoms with Crippen LogP contribution in [-0.4, -0.2) is 118 Å². The molecule has 0 spiro atoms. The van der Waals surface area contributed by atoms with Gasteiger partial charge in [0.15, 0.2) is 5.82 Å². The van der Waals surface area contributed by atoms with E-state index in [2.05, 4.69) is 19.8 Å². The van der Waals surface area contributed by atoms with Crippen LogP contribution in [0.15, 0.2) is 30.3 Å². The highest BCUT2D eigenvalue weighted by atomic mass is 16.6. The number of carbonyl (C=O) groups excluding carboxylic acids is 2. The first-order valence-electron chi connectivity index (χ1n) is 13.1. The van der Waals surface area contributed by atoms with Crippen LogP contribution in [0.2, 0.25) is 0 Å². The molecule has 2 amide bonds. The van der Waals surface area contributed by atoms with E-state index in [0.29, 0.717) is 95.9 Å². The number of aromatic nitrogens is 2. The molecule has 1 aromatic heterocycles. The van der Waals surface area contributed by atoms with Gasteiger partial charge in [0.05, 0.1) is 70.7 Å². The number of ether oxygens (including phenoxy) is 5. The van der Waals surface area contributed by atoms with Gasteiger partial charge in [-0.2, -0.15) is 0 Å². The van der Waals surface area contributed by atoms with Crippen LogP contribution in [0, 0.1) is 0 Å². The average Bonchev–Trinajstić information content (AvgIpc) is 2.95. The van der Waals surface area contributed by atoms with Crippen LogP contribution >= 0.6 is 0 Å². The van der Waals surface area contributed by atoms with Crippen molar-refractivity contribution in [3.63, 3.8) is 0 Å². The minimum atomic E-state index is -0.824. The van der Waals surface area contributed by atoms with E-state index in [0.717, 1.165) is 5.69 Å². The standard InChI is InChI=1S/C26H38N6O8/c27-25-22(19-21(29-30-25)20-3-1-2-4-23(20)33)31-6-8-32(9-7-31)24(34)5-10-36-11-12-37-13-14-38-15-16-39-17-18-40-26(28)35/h1-4,19,33H,5-18H2,(H2,27,30)(H2,28,35). The predicted molar refractivity (Wildman–Crippen MR) is 146 cm³/mol. The van der Waals surface area contributed by atoms with Gasteiger partial charge in [0, 0.05) is 31.7 Å². The highest BCUT2D eigenvalue weighted by Crippen LogP contribution is 2.31. The Balaban J connectivity index is 1.23. The maximum Gasteiger partial charge on any atom is 0.404 e. The number of hydrogen-bond donors (Lipinski definition) is 3. The summed E-state index contributed by atoms with van der Waals surface area (Å²) in [5.41, 5.74) is 12.8. The normalized spacial score (nSPS) is 13.4. The van der Waals surface area contributed by atoms with Gasteiger partial charge in [-0.15, -0.1) is 10.2 Å². The van der Waals surface area contributed by atoms with Gasteiger partial charge in [-0.05, 0) is 18.2 Å². The average molecular weight is 563 g/mol. The van der Waals surface area contributed by atoms with Crippen LogP contribution < -0.4 is 16.4 Å². The summed E-state index contributed by atoms with van der Waals surface area (Å²) in [5.74, 6) is 0.461. The number of nitrogen functional groups attached to an aromatic ring is 1. The number of piperazine rings is 1. The molecular weight excluding hydrogens is 524 g/mol. The third-order valence-electron chi connectivity index (χ3n) is 6.00. The van der Waals surface area contributed by atoms with Gasteiger partial charge in [-0.1, -0.05) is 12.1 Å². The van der Waals surface area contributed by atoms with Crippen LogP contribution in [0.4, 0.5) is 16.3 Å². The fraction of sp³-hybridized carbons (Fsp3) is 0.538. The van der Waals surface area contributed by atoms with Gasteiger partial charge < -0.3 is 50.1 Å². The molecule has 0 unspecified atom stereocenters. The Morgan fingerprint density at radius 2 is 1.40 bits per heavy atom. The van der Waals surface area contributed by atoms with Gasteiger partial charge >= 0.3 is 6.09 Å². The molecule has 1 saturated heterocycles. The van der Waals surface area contributed by atoms with Crippen molar-refractivity contribution >= 4 is 23.5 Å². The molecule has 5 N–H and O–H groups in total. The Kier molecular flexibility index (Phi) is 13.2. The fourth-order valence-electron chi connectivity index (χ4n) is 3.94. The summed E-state index contributed by atoms with van der Waals surface area (Å²) in [6.45, 7) is 5.44. The van der Waals surface area contributed by atoms with E-state index in [9.17, 15) is 14.7 Å². The maximum atomic E-state index is 12.6. The Morgan fingerprint density at radius 1 is 0.825 bits per heavy atom. The van der Waals surface area contributed by atoms with Crippen molar-refractivity contribution in [1.29, 1.82) is 0 Å². The Bertz CT molecular complexity index is 1070. The molecule has 0 radical (unpaired) electrons. The third kappa shape index (κ3) is 10.4. The van der Waals surface area contributed by atoms with E-state index in [4.69, 9.17) is 30.4 Å². The molecule has 14 nitrogen and oxygen atoms in total. The number of amides is 2. The number of benzene rings is 1. The first-order chi connectivity index (χ1) is 19.5. The summed E-state index contributed by atoms with van der Waals surface area (Å²) < 4.78 is 26.1. The zero-order valence-corrected chi connectivity index (χ0v) is 22.5. The molecule has 14 heteroatoms. The number of rotatable bonds is 17. The Hall–Kier alpha value is -3.72. The van der Waals surface area contributed by atoms with Crippen molar-refractivity contribution < 1.29 is 38.4 Å². The molecule has 1 aliphatic heterocycles. The van der Waals surface area contributed by atoms with Gasteiger partial charge in [0.1, 0.15) is 12.4 Å². The zero-order chi connectivity index (χ0) is 28.6. The second-order valence-electron chi connectivity index (χ2n) is 8.75. The Morgan fingerprint density at radius 3 is 2.00 bits per heavy atom. The van der Waals surface area contributed by atoms with Crippen LogP contribution in [0.5, 0.6) is 5.75 Å². The monoisotopic (exact) mass is 562 g/mol. The summed E-state index contributed by atoms with van der Waals surface area (Å²) >= 11 is 0. The second kappa shape index (κ2) is 17.1. The number of anilines is 2. The predicted octanol–water partition coefficient (Wildman–Crippen LogP) is 0.632. The largest absolute Gasteiger partial charge is 0.507 e. The molecule has 0 bridgehead atoms. The summed E-state index contributed by atoms with van der Waals surface area (Å²) in [4.78, 5) is 26.9. The lowest BCUT2D eigenvalue weighted by atomic mass is 10.1. The van der Waals surface area contributed by atoms with Gasteiger partial charge in [-0.25, -0.2) is 4.79 Å². The van der Waals surface area contributed by atoms with E-state index in [1.54, 1.807) is 18.2 Å². The molecule has 2 aromatic rings. The first kappa shape index (κ1) is 30.8. The smallest absolute Gasteiger partial charge is 0.404 e. The van der Waals surface area contributed by atoms with Crippen molar-refractivity contribution in [2.75, 3.05) is 96.3 Å². The minimum absolute atomic E-state index is 0.0353. The minimum Gasteiger partial charge on any atom is -0.507 e. The zero-order valence-electron chi connectivity index (χ0n) is 22.5. The molecule has 1 aliphatic rings. The molecule has 0 atom stereocenters. The van der Waals surface area contributed by atoms with Crippen LogP contribution in [0.3, 0.4) is 0 Å². The van der Waals surface area contributed by atoms with Crippen molar-refractivity contribution in [2.24, 2.45) is 5.73 Å². The van der Waals surface area contributed by atoms with Crippen molar-refractivity contribution in [3.8, 4) is 17.0 Å². The number of nitrogens with two attached hydrogens (primary N) is 2. The molecule has 40 heavy (non-hydrogen) atoms. The lowest BCUT2D eigenvalue weighted by Crippen LogP contribution is -2.49. The lowest BCUT2D eigenvalue weighted by Gasteiger charge is -2.36. The van der Waals surface area contributed by atoms with E-state index in [1.165, 1.54) is 0 Å². The summed E-state index contributed by atoms with van der Waals surface area (Å²) in [6.07, 6.45) is -0.528. The molecule has 220 valence electrons. The van der Waals surface area contributed by atoms with Crippen LogP contribution in [0.1, 0.15) is 6.42 Å². The number of nitrogens with zero attached hydrogens (tertiary/aromatic N) is 4. The van der Waals surface area contributed by atoms with E-state index in [-0.39, 0.29) is 24.9 Å². The van der Waals surface area contributed by atoms with Gasteiger partial charge in [-0.3, -0.25) is 4.79 Å². The maximum absolute atomic E-state index is 12.6. The van der Waals surface area contributed by atoms with E-state index < -0.39 is 6.09 Å². The molecule has 2 heterocycles. The fourth-order valence-corrected chi connectivity index (χ4v) is 3.94. The van der Waals surface area contributed by atoms with E-state index in [1.807, 2.05) is 17.0 Å². The molecule has 1 fully saturated rings. The van der Waals surface area contributed by atoms with Crippen LogP contribution in [-0.2, 0) is 28.5 Å². The summed E-state index contributed by atoms with van der Waals surface area (Å²) in [6, 6.07) is 8.75. The number of hydrogen-bond acceptors (Lipinski definition) is 12. The first-order valence-corrected chi connectivity index (χ1v) is 13.1. The lowest BCUT2D eigenvalue weighted by molar-refractivity contribution is -0.132. The highest BCUT2D eigenvalue weighted by Gasteiger charge is 2.23. The molecule has 0 aliphatic carbocycles. The highest BCUT2D eigenvalue weighted by molar-refractivity contribution is 5.77. The number of phenols is 1. The van der Waals surface area contributed by atoms with Crippen molar-refractivity contribution in [2.45, 2.75) is 6.42 Å². The topological polar surface area (TPSA) is 185 Å². The van der Waals surface area contributed by atoms with E-state index >= 15 is 0 Å². The molecule has 3 rings (SSSR count). The molecule has 1 aromatic carbocycles. The second-order valence-corrected chi connectivity index (χ2v) is 8.75. The SMILES string of the molecule is NC(=O)OCCOCCOCCOCCOCCC(=O)N1CCN(c2cc(-c3ccccc3O)nnc2N)CC1. The number of primary amides is 1. The van der Waals surface area contributed by atoms with Gasteiger partial charge in [0.25, 0.3) is 0 Å². The Labute approximate surface area is 233 Å². The van der Waals surface area contributed by atoms with Crippen molar-refractivity contribution in [1.82, 2.24) is 15.1 Å². The number of carbonyl (C=O) groups is 2. The van der Waals surface area contributed by atoms with Crippen molar-refractivity contribution in [3.05, 3.63) is 30.3 Å². The quantitative estimate of drug-likeness (QED) is 0.229. The number of aromatic hydroxyl groups is 1. The van der Waals surface area contributed by atoms with Gasteiger partial charge in [0.2, 0.25) is 5.91 Å². The molecule has 0 saturated carbocycles. The molecular formula is C26H38N6O8. The number of phenolic OH excluding ortho intramolecular Hbond substituents is 1. The number of para-hydroxylation sites is 1.